The summed E-state index contributed by atoms with van der Waals surface area (Å²) in [6, 6.07) is 1.93. The second kappa shape index (κ2) is 5.53. The molecule has 118 valence electrons. The van der Waals surface area contributed by atoms with Gasteiger partial charge in [0.05, 0.1) is 17.7 Å². The molecular weight excluding hydrogens is 280 g/mol. The van der Waals surface area contributed by atoms with Crippen molar-refractivity contribution in [2.24, 2.45) is 5.92 Å². The molecule has 0 bridgehead atoms. The largest absolute Gasteiger partial charge is 0.485 e. The maximum atomic E-state index is 12.7. The highest BCUT2D eigenvalue weighted by atomic mass is 16.6. The fourth-order valence-corrected chi connectivity index (χ4v) is 3.81. The lowest BCUT2D eigenvalue weighted by Crippen LogP contribution is -2.59. The molecule has 0 aromatic rings. The molecule has 0 saturated carbocycles. The van der Waals surface area contributed by atoms with Gasteiger partial charge in [-0.05, 0) is 45.9 Å². The number of hydrogen-bond acceptors (Lipinski definition) is 5. The molecular formula is C17H22N2O3. The summed E-state index contributed by atoms with van der Waals surface area (Å²) in [5.41, 5.74) is 0.0902. The van der Waals surface area contributed by atoms with Gasteiger partial charge in [0.15, 0.2) is 5.78 Å². The number of carbonyl (C=O) groups is 1. The number of rotatable bonds is 2. The molecule has 3 rings (SSSR count). The minimum Gasteiger partial charge on any atom is -0.485 e. The Kier molecular flexibility index (Phi) is 3.84. The topological polar surface area (TPSA) is 62.6 Å². The van der Waals surface area contributed by atoms with Crippen molar-refractivity contribution in [2.75, 3.05) is 20.2 Å². The summed E-state index contributed by atoms with van der Waals surface area (Å²) in [5, 5.41) is 9.20. The molecule has 5 heteroatoms. The molecule has 22 heavy (non-hydrogen) atoms. The average molecular weight is 302 g/mol. The van der Waals surface area contributed by atoms with Gasteiger partial charge in [-0.15, -0.1) is 0 Å². The Balaban J connectivity index is 2.09. The summed E-state index contributed by atoms with van der Waals surface area (Å²) in [7, 11) is 1.66. The Labute approximate surface area is 131 Å². The minimum absolute atomic E-state index is 0.139. The highest BCUT2D eigenvalue weighted by Gasteiger charge is 2.51. The van der Waals surface area contributed by atoms with Crippen LogP contribution in [0.25, 0.3) is 0 Å². The van der Waals surface area contributed by atoms with Gasteiger partial charge in [-0.1, -0.05) is 6.08 Å². The van der Waals surface area contributed by atoms with E-state index in [0.717, 1.165) is 25.9 Å². The van der Waals surface area contributed by atoms with Crippen LogP contribution in [0.2, 0.25) is 0 Å². The summed E-state index contributed by atoms with van der Waals surface area (Å²) in [6.45, 7) is 5.88. The van der Waals surface area contributed by atoms with Crippen molar-refractivity contribution in [3.8, 4) is 6.07 Å². The fourth-order valence-electron chi connectivity index (χ4n) is 3.81. The van der Waals surface area contributed by atoms with E-state index in [1.165, 1.54) is 0 Å². The Bertz CT molecular complexity index is 579. The first-order valence-corrected chi connectivity index (χ1v) is 7.81. The zero-order valence-electron chi connectivity index (χ0n) is 13.3. The maximum Gasteiger partial charge on any atom is 0.185 e. The monoisotopic (exact) mass is 302 g/mol. The summed E-state index contributed by atoms with van der Waals surface area (Å²) in [5.74, 6) is -0.257. The number of ketones is 1. The zero-order chi connectivity index (χ0) is 15.9. The van der Waals surface area contributed by atoms with E-state index in [1.807, 2.05) is 13.8 Å². The zero-order valence-corrected chi connectivity index (χ0v) is 13.3. The van der Waals surface area contributed by atoms with E-state index in [1.54, 1.807) is 19.3 Å². The molecule has 0 spiro atoms. The molecule has 3 aliphatic rings. The molecule has 1 aliphatic carbocycles. The van der Waals surface area contributed by atoms with Crippen LogP contribution in [0.3, 0.4) is 0 Å². The first-order valence-electron chi connectivity index (χ1n) is 7.81. The highest BCUT2D eigenvalue weighted by molar-refractivity contribution is 6.03. The van der Waals surface area contributed by atoms with E-state index in [-0.39, 0.29) is 17.9 Å². The second-order valence-electron chi connectivity index (χ2n) is 6.66. The quantitative estimate of drug-likeness (QED) is 0.778. The molecule has 0 N–H and O–H groups in total. The molecule has 5 nitrogen and oxygen atoms in total. The second-order valence-corrected chi connectivity index (χ2v) is 6.66. The van der Waals surface area contributed by atoms with Crippen molar-refractivity contribution >= 4 is 5.78 Å². The minimum atomic E-state index is -0.717. The lowest BCUT2D eigenvalue weighted by atomic mass is 9.79. The average Bonchev–Trinajstić information content (AvgIpc) is 2.99. The van der Waals surface area contributed by atoms with Crippen LogP contribution in [-0.2, 0) is 14.3 Å². The van der Waals surface area contributed by atoms with Crippen LogP contribution >= 0.6 is 0 Å². The smallest absolute Gasteiger partial charge is 0.185 e. The first-order chi connectivity index (χ1) is 10.5. The molecule has 2 heterocycles. The summed E-state index contributed by atoms with van der Waals surface area (Å²) < 4.78 is 11.8. The molecule has 1 saturated heterocycles. The van der Waals surface area contributed by atoms with Gasteiger partial charge >= 0.3 is 0 Å². The van der Waals surface area contributed by atoms with Crippen LogP contribution in [0.15, 0.2) is 23.5 Å². The number of methoxy groups -OCH3 is 1. The van der Waals surface area contributed by atoms with Crippen molar-refractivity contribution in [2.45, 2.75) is 44.4 Å². The Hall–Kier alpha value is -1.64. The number of hydrogen-bond donors (Lipinski definition) is 0. The van der Waals surface area contributed by atoms with Crippen LogP contribution in [-0.4, -0.2) is 48.6 Å². The van der Waals surface area contributed by atoms with E-state index in [9.17, 15) is 10.1 Å². The van der Waals surface area contributed by atoms with Gasteiger partial charge in [0.1, 0.15) is 23.4 Å². The lowest BCUT2D eigenvalue weighted by Gasteiger charge is -2.48. The normalized spacial score (nSPS) is 34.3. The first kappa shape index (κ1) is 15.3. The van der Waals surface area contributed by atoms with Crippen molar-refractivity contribution in [1.29, 1.82) is 5.26 Å². The summed E-state index contributed by atoms with van der Waals surface area (Å²) >= 11 is 0. The van der Waals surface area contributed by atoms with E-state index >= 15 is 0 Å². The van der Waals surface area contributed by atoms with Gasteiger partial charge in [0.2, 0.25) is 0 Å². The Morgan fingerprint density at radius 3 is 2.68 bits per heavy atom. The third kappa shape index (κ3) is 2.27. The predicted molar refractivity (Wildman–Crippen MR) is 80.8 cm³/mol. The van der Waals surface area contributed by atoms with Gasteiger partial charge in [-0.2, -0.15) is 5.26 Å². The number of ether oxygens (including phenoxy) is 2. The number of nitriles is 1. The van der Waals surface area contributed by atoms with Crippen LogP contribution in [0, 0.1) is 17.2 Å². The molecule has 0 radical (unpaired) electrons. The van der Waals surface area contributed by atoms with Gasteiger partial charge in [-0.3, -0.25) is 9.69 Å². The predicted octanol–water partition coefficient (Wildman–Crippen LogP) is 1.81. The standard InChI is InChI=1S/C17H22N2O3/c1-17(2)16(21-3)14(19-8-4-5-9-19)13-12(22-17)7-6-11(10-18)15(13)20/h6-7,11,14,16H,4-5,8-9H2,1-3H3/t11?,14-,16+/m0/s1. The summed E-state index contributed by atoms with van der Waals surface area (Å²) in [4.78, 5) is 15.0. The van der Waals surface area contributed by atoms with Crippen molar-refractivity contribution in [3.05, 3.63) is 23.5 Å². The third-order valence-corrected chi connectivity index (χ3v) is 4.82. The number of allylic oxidation sites excluding steroid dienone is 2. The molecule has 1 unspecified atom stereocenters. The van der Waals surface area contributed by atoms with Crippen LogP contribution in [0.1, 0.15) is 26.7 Å². The number of nitrogens with zero attached hydrogens (tertiary/aromatic N) is 2. The molecule has 3 atom stereocenters. The van der Waals surface area contributed by atoms with E-state index in [2.05, 4.69) is 11.0 Å². The number of carbonyl (C=O) groups excluding carboxylic acids is 1. The third-order valence-electron chi connectivity index (χ3n) is 4.82. The van der Waals surface area contributed by atoms with Gasteiger partial charge in [0, 0.05) is 7.11 Å². The van der Waals surface area contributed by atoms with E-state index < -0.39 is 11.5 Å². The number of Topliss-reactive ketones (excluding diaryl/α,β-unsaturated/α-hetero) is 1. The number of likely N-dealkylation sites (tertiary alicyclic amines) is 1. The molecule has 0 aromatic carbocycles. The molecule has 2 aliphatic heterocycles. The summed E-state index contributed by atoms with van der Waals surface area (Å²) in [6.07, 6.45) is 5.43. The van der Waals surface area contributed by atoms with Crippen molar-refractivity contribution in [1.82, 2.24) is 4.90 Å². The molecule has 0 amide bonds. The van der Waals surface area contributed by atoms with Crippen LogP contribution in [0.4, 0.5) is 0 Å². The van der Waals surface area contributed by atoms with Crippen molar-refractivity contribution < 1.29 is 14.3 Å². The van der Waals surface area contributed by atoms with Gasteiger partial charge < -0.3 is 9.47 Å². The van der Waals surface area contributed by atoms with Crippen molar-refractivity contribution in [3.63, 3.8) is 0 Å². The van der Waals surface area contributed by atoms with E-state index in [0.29, 0.717) is 11.3 Å². The Morgan fingerprint density at radius 2 is 2.09 bits per heavy atom. The Morgan fingerprint density at radius 1 is 1.41 bits per heavy atom. The maximum absolute atomic E-state index is 12.7. The van der Waals surface area contributed by atoms with Gasteiger partial charge in [0.25, 0.3) is 0 Å². The fraction of sp³-hybridized carbons (Fsp3) is 0.647. The molecule has 1 fully saturated rings. The molecule has 0 aromatic heterocycles. The van der Waals surface area contributed by atoms with Gasteiger partial charge in [-0.25, -0.2) is 0 Å². The van der Waals surface area contributed by atoms with Crippen LogP contribution in [0.5, 0.6) is 0 Å². The van der Waals surface area contributed by atoms with E-state index in [4.69, 9.17) is 9.47 Å². The highest BCUT2D eigenvalue weighted by Crippen LogP contribution is 2.40. The van der Waals surface area contributed by atoms with Crippen LogP contribution < -0.4 is 0 Å². The lowest BCUT2D eigenvalue weighted by molar-refractivity contribution is -0.137. The SMILES string of the molecule is CO[C@@H]1[C@@H](N2CCCC2)C2=C(C=CC(C#N)C2=O)OC1(C)C.